The van der Waals surface area contributed by atoms with Crippen molar-refractivity contribution >= 4 is 11.9 Å². The third-order valence-corrected chi connectivity index (χ3v) is 2.53. The maximum absolute atomic E-state index is 10.9. The van der Waals surface area contributed by atoms with E-state index in [4.69, 9.17) is 10.8 Å². The normalized spacial score (nSPS) is 11.9. The first-order chi connectivity index (χ1) is 8.04. The molecule has 0 aliphatic rings. The van der Waals surface area contributed by atoms with Crippen LogP contribution in [0.25, 0.3) is 0 Å². The summed E-state index contributed by atoms with van der Waals surface area (Å²) < 4.78 is 0. The summed E-state index contributed by atoms with van der Waals surface area (Å²) in [6.07, 6.45) is 0. The highest BCUT2D eigenvalue weighted by Gasteiger charge is 2.12. The smallest absolute Gasteiger partial charge is 0.310 e. The molecule has 0 aliphatic carbocycles. The van der Waals surface area contributed by atoms with Gasteiger partial charge in [-0.15, -0.1) is 0 Å². The molecule has 0 radical (unpaired) electrons. The quantitative estimate of drug-likeness (QED) is 0.692. The van der Waals surface area contributed by atoms with E-state index in [0.717, 1.165) is 11.1 Å². The van der Waals surface area contributed by atoms with Gasteiger partial charge in [0.25, 0.3) is 0 Å². The molecule has 1 aromatic carbocycles. The van der Waals surface area contributed by atoms with Crippen LogP contribution in [0.3, 0.4) is 0 Å². The molecule has 0 fully saturated rings. The summed E-state index contributed by atoms with van der Waals surface area (Å²) in [6, 6.07) is 7.10. The number of benzene rings is 1. The minimum absolute atomic E-state index is 0.0336. The van der Waals surface area contributed by atoms with Gasteiger partial charge in [-0.3, -0.25) is 9.59 Å². The van der Waals surface area contributed by atoms with Crippen LogP contribution in [0.4, 0.5) is 0 Å². The van der Waals surface area contributed by atoms with Crippen LogP contribution in [0, 0.1) is 0 Å². The summed E-state index contributed by atoms with van der Waals surface area (Å²) >= 11 is 0. The number of carbonyl (C=O) groups excluding carboxylic acids is 1. The second kappa shape index (κ2) is 6.00. The van der Waals surface area contributed by atoms with Crippen molar-refractivity contribution in [2.75, 3.05) is 6.54 Å². The van der Waals surface area contributed by atoms with E-state index in [1.54, 1.807) is 31.2 Å². The molecule has 0 aromatic heterocycles. The van der Waals surface area contributed by atoms with Gasteiger partial charge < -0.3 is 16.2 Å². The third kappa shape index (κ3) is 3.88. The molecule has 5 heteroatoms. The lowest BCUT2D eigenvalue weighted by Crippen LogP contribution is -2.29. The summed E-state index contributed by atoms with van der Waals surface area (Å²) in [5.41, 5.74) is 6.81. The average molecular weight is 236 g/mol. The van der Waals surface area contributed by atoms with Gasteiger partial charge in [-0.1, -0.05) is 24.3 Å². The van der Waals surface area contributed by atoms with E-state index >= 15 is 0 Å². The Labute approximate surface area is 99.6 Å². The molecule has 1 amide bonds. The molecule has 0 spiro atoms. The lowest BCUT2D eigenvalue weighted by atomic mass is 10.0. The zero-order chi connectivity index (χ0) is 12.8. The molecule has 17 heavy (non-hydrogen) atoms. The fraction of sp³-hybridized carbons (Fsp3) is 0.333. The molecule has 1 unspecified atom stereocenters. The van der Waals surface area contributed by atoms with Crippen molar-refractivity contribution in [2.45, 2.75) is 19.4 Å². The molecular formula is C12H16N2O3. The highest BCUT2D eigenvalue weighted by molar-refractivity contribution is 5.77. The van der Waals surface area contributed by atoms with E-state index in [1.807, 2.05) is 0 Å². The van der Waals surface area contributed by atoms with Crippen LogP contribution in [0.15, 0.2) is 24.3 Å². The third-order valence-electron chi connectivity index (χ3n) is 2.53. The van der Waals surface area contributed by atoms with Crippen molar-refractivity contribution < 1.29 is 14.7 Å². The monoisotopic (exact) mass is 236 g/mol. The molecule has 92 valence electrons. The molecule has 1 atom stereocenters. The molecule has 4 N–H and O–H groups in total. The Kier molecular flexibility index (Phi) is 4.66. The number of carboxylic acid groups (broad SMARTS) is 1. The van der Waals surface area contributed by atoms with Crippen molar-refractivity contribution in [1.82, 2.24) is 5.32 Å². The van der Waals surface area contributed by atoms with Crippen LogP contribution >= 0.6 is 0 Å². The van der Waals surface area contributed by atoms with E-state index < -0.39 is 11.9 Å². The molecule has 1 aromatic rings. The Balaban J connectivity index is 2.62. The van der Waals surface area contributed by atoms with E-state index in [-0.39, 0.29) is 12.5 Å². The van der Waals surface area contributed by atoms with Gasteiger partial charge in [0.2, 0.25) is 5.91 Å². The van der Waals surface area contributed by atoms with Crippen LogP contribution < -0.4 is 11.1 Å². The van der Waals surface area contributed by atoms with Gasteiger partial charge in [0.1, 0.15) is 0 Å². The van der Waals surface area contributed by atoms with E-state index in [0.29, 0.717) is 6.54 Å². The number of hydrogen-bond acceptors (Lipinski definition) is 3. The molecule has 0 bridgehead atoms. The van der Waals surface area contributed by atoms with Crippen LogP contribution in [-0.2, 0) is 16.1 Å². The predicted molar refractivity (Wildman–Crippen MR) is 63.4 cm³/mol. The number of amides is 1. The van der Waals surface area contributed by atoms with Crippen LogP contribution in [0.2, 0.25) is 0 Å². The van der Waals surface area contributed by atoms with E-state index in [9.17, 15) is 9.59 Å². The van der Waals surface area contributed by atoms with Gasteiger partial charge in [0.05, 0.1) is 12.5 Å². The Hall–Kier alpha value is -1.88. The SMILES string of the molecule is CC(C(=O)O)c1ccc(CNC(=O)CN)cc1. The van der Waals surface area contributed by atoms with Gasteiger partial charge in [0, 0.05) is 6.54 Å². The standard InChI is InChI=1S/C12H16N2O3/c1-8(12(16)17)10-4-2-9(3-5-10)7-14-11(15)6-13/h2-5,8H,6-7,13H2,1H3,(H,14,15)(H,16,17). The van der Waals surface area contributed by atoms with Gasteiger partial charge in [0.15, 0.2) is 0 Å². The lowest BCUT2D eigenvalue weighted by molar-refractivity contribution is -0.138. The average Bonchev–Trinajstić information content (AvgIpc) is 2.35. The Morgan fingerprint density at radius 3 is 2.41 bits per heavy atom. The number of carboxylic acids is 1. The lowest BCUT2D eigenvalue weighted by Gasteiger charge is -2.08. The summed E-state index contributed by atoms with van der Waals surface area (Å²) in [4.78, 5) is 21.7. The van der Waals surface area contributed by atoms with Crippen molar-refractivity contribution in [1.29, 1.82) is 0 Å². The summed E-state index contributed by atoms with van der Waals surface area (Å²) in [7, 11) is 0. The number of nitrogens with one attached hydrogen (secondary N) is 1. The zero-order valence-electron chi connectivity index (χ0n) is 9.64. The van der Waals surface area contributed by atoms with Crippen molar-refractivity contribution in [2.24, 2.45) is 5.73 Å². The minimum atomic E-state index is -0.853. The molecular weight excluding hydrogens is 220 g/mol. The first-order valence-corrected chi connectivity index (χ1v) is 5.33. The van der Waals surface area contributed by atoms with Crippen molar-refractivity contribution in [3.63, 3.8) is 0 Å². The number of aliphatic carboxylic acids is 1. The fourth-order valence-electron chi connectivity index (χ4n) is 1.34. The van der Waals surface area contributed by atoms with Gasteiger partial charge in [-0.25, -0.2) is 0 Å². The van der Waals surface area contributed by atoms with Gasteiger partial charge >= 0.3 is 5.97 Å². The zero-order valence-corrected chi connectivity index (χ0v) is 9.64. The summed E-state index contributed by atoms with van der Waals surface area (Å²) in [5.74, 6) is -1.59. The van der Waals surface area contributed by atoms with Crippen LogP contribution in [-0.4, -0.2) is 23.5 Å². The molecule has 5 nitrogen and oxygen atoms in total. The molecule has 0 heterocycles. The number of hydrogen-bond donors (Lipinski definition) is 3. The highest BCUT2D eigenvalue weighted by atomic mass is 16.4. The maximum Gasteiger partial charge on any atom is 0.310 e. The van der Waals surface area contributed by atoms with E-state index in [1.165, 1.54) is 0 Å². The van der Waals surface area contributed by atoms with Crippen molar-refractivity contribution in [3.8, 4) is 0 Å². The highest BCUT2D eigenvalue weighted by Crippen LogP contribution is 2.15. The Bertz CT molecular complexity index is 401. The molecule has 0 saturated carbocycles. The molecule has 0 aliphatic heterocycles. The second-order valence-electron chi connectivity index (χ2n) is 3.78. The minimum Gasteiger partial charge on any atom is -0.481 e. The number of nitrogens with two attached hydrogens (primary N) is 1. The molecule has 0 saturated heterocycles. The second-order valence-corrected chi connectivity index (χ2v) is 3.78. The summed E-state index contributed by atoms with van der Waals surface area (Å²) in [6.45, 7) is 2.00. The number of carbonyl (C=O) groups is 2. The summed E-state index contributed by atoms with van der Waals surface area (Å²) in [5, 5.41) is 11.5. The van der Waals surface area contributed by atoms with Gasteiger partial charge in [-0.2, -0.15) is 0 Å². The largest absolute Gasteiger partial charge is 0.481 e. The molecule has 1 rings (SSSR count). The first-order valence-electron chi connectivity index (χ1n) is 5.33. The van der Waals surface area contributed by atoms with Crippen molar-refractivity contribution in [3.05, 3.63) is 35.4 Å². The number of rotatable bonds is 5. The topological polar surface area (TPSA) is 92.4 Å². The predicted octanol–water partition coefficient (Wildman–Crippen LogP) is 0.450. The van der Waals surface area contributed by atoms with Gasteiger partial charge in [-0.05, 0) is 18.1 Å². The van der Waals surface area contributed by atoms with E-state index in [2.05, 4.69) is 5.32 Å². The Morgan fingerprint density at radius 1 is 1.35 bits per heavy atom. The van der Waals surface area contributed by atoms with Crippen LogP contribution in [0.1, 0.15) is 24.0 Å². The van der Waals surface area contributed by atoms with Crippen LogP contribution in [0.5, 0.6) is 0 Å². The maximum atomic E-state index is 10.9. The Morgan fingerprint density at radius 2 is 1.94 bits per heavy atom. The fourth-order valence-corrected chi connectivity index (χ4v) is 1.34. The first kappa shape index (κ1) is 13.2.